The molecule has 6 heteroatoms. The summed E-state index contributed by atoms with van der Waals surface area (Å²) in [6.07, 6.45) is -0.659. The summed E-state index contributed by atoms with van der Waals surface area (Å²) >= 11 is 0. The van der Waals surface area contributed by atoms with Crippen molar-refractivity contribution >= 4 is 0 Å². The number of rotatable bonds is 1. The van der Waals surface area contributed by atoms with E-state index >= 15 is 0 Å². The minimum absolute atomic E-state index is 0.111. The lowest BCUT2D eigenvalue weighted by atomic mass is 9.93. The highest BCUT2D eigenvalue weighted by Crippen LogP contribution is 2.31. The van der Waals surface area contributed by atoms with E-state index in [0.717, 1.165) is 25.3 Å². The van der Waals surface area contributed by atoms with E-state index in [9.17, 15) is 18.3 Å². The molecule has 16 heavy (non-hydrogen) atoms. The predicted octanol–water partition coefficient (Wildman–Crippen LogP) is 2.38. The van der Waals surface area contributed by atoms with Gasteiger partial charge in [-0.25, -0.2) is 0 Å². The quantitative estimate of drug-likeness (QED) is 0.810. The van der Waals surface area contributed by atoms with Crippen molar-refractivity contribution in [2.45, 2.75) is 44.0 Å². The average Bonchev–Trinajstić information content (AvgIpc) is 2.65. The van der Waals surface area contributed by atoms with Gasteiger partial charge in [0, 0.05) is 6.20 Å². The third kappa shape index (κ3) is 2.37. The molecule has 2 atom stereocenters. The zero-order valence-corrected chi connectivity index (χ0v) is 8.61. The Labute approximate surface area is 90.9 Å². The van der Waals surface area contributed by atoms with E-state index in [1.54, 1.807) is 0 Å². The first kappa shape index (κ1) is 11.4. The van der Waals surface area contributed by atoms with Crippen molar-refractivity contribution < 1.29 is 18.3 Å². The number of halogens is 3. The van der Waals surface area contributed by atoms with Crippen molar-refractivity contribution in [1.82, 2.24) is 9.78 Å². The Kier molecular flexibility index (Phi) is 2.92. The minimum Gasteiger partial charge on any atom is -0.393 e. The fraction of sp³-hybridized carbons (Fsp3) is 0.700. The van der Waals surface area contributed by atoms with E-state index in [4.69, 9.17) is 0 Å². The van der Waals surface area contributed by atoms with Crippen LogP contribution < -0.4 is 0 Å². The molecule has 0 amide bonds. The summed E-state index contributed by atoms with van der Waals surface area (Å²) in [5.74, 6) is 0. The normalized spacial score (nSPS) is 27.0. The van der Waals surface area contributed by atoms with Crippen LogP contribution in [0.15, 0.2) is 12.3 Å². The number of aliphatic hydroxyl groups excluding tert-OH is 1. The maximum absolute atomic E-state index is 12.3. The summed E-state index contributed by atoms with van der Waals surface area (Å²) in [4.78, 5) is 0. The number of hydrogen-bond donors (Lipinski definition) is 1. The topological polar surface area (TPSA) is 38.0 Å². The van der Waals surface area contributed by atoms with Gasteiger partial charge in [-0.15, -0.1) is 0 Å². The van der Waals surface area contributed by atoms with Gasteiger partial charge in [0.05, 0.1) is 12.1 Å². The summed E-state index contributed by atoms with van der Waals surface area (Å²) in [5.41, 5.74) is -0.868. The first-order valence-electron chi connectivity index (χ1n) is 5.27. The Hall–Kier alpha value is -1.04. The first-order chi connectivity index (χ1) is 7.47. The summed E-state index contributed by atoms with van der Waals surface area (Å²) in [6.45, 7) is 0. The molecule has 0 spiro atoms. The lowest BCUT2D eigenvalue weighted by Crippen LogP contribution is -2.23. The molecular formula is C10H13F3N2O. The molecular weight excluding hydrogens is 221 g/mol. The molecule has 1 N–H and O–H groups in total. The maximum Gasteiger partial charge on any atom is 0.435 e. The third-order valence-electron chi connectivity index (χ3n) is 2.89. The molecule has 0 bridgehead atoms. The maximum atomic E-state index is 12.3. The molecule has 90 valence electrons. The molecule has 1 fully saturated rings. The van der Waals surface area contributed by atoms with Gasteiger partial charge in [0.1, 0.15) is 0 Å². The molecule has 1 aromatic heterocycles. The zero-order valence-electron chi connectivity index (χ0n) is 8.61. The monoisotopic (exact) mass is 234 g/mol. The molecule has 1 aliphatic carbocycles. The van der Waals surface area contributed by atoms with E-state index in [2.05, 4.69) is 5.10 Å². The van der Waals surface area contributed by atoms with E-state index in [0.29, 0.717) is 6.42 Å². The van der Waals surface area contributed by atoms with Crippen molar-refractivity contribution in [2.24, 2.45) is 0 Å². The SMILES string of the molecule is OC1CCCC(n2ccc(C(F)(F)F)n2)C1. The summed E-state index contributed by atoms with van der Waals surface area (Å²) < 4.78 is 38.3. The third-order valence-corrected chi connectivity index (χ3v) is 2.89. The van der Waals surface area contributed by atoms with Gasteiger partial charge in [0.15, 0.2) is 5.69 Å². The van der Waals surface area contributed by atoms with Gasteiger partial charge in [-0.1, -0.05) is 0 Å². The van der Waals surface area contributed by atoms with Gasteiger partial charge in [0.25, 0.3) is 0 Å². The lowest BCUT2D eigenvalue weighted by Gasteiger charge is -2.26. The highest BCUT2D eigenvalue weighted by molar-refractivity contribution is 5.04. The molecule has 0 aromatic carbocycles. The Balaban J connectivity index is 2.12. The van der Waals surface area contributed by atoms with Crippen LogP contribution in [-0.4, -0.2) is 21.0 Å². The van der Waals surface area contributed by atoms with Gasteiger partial charge < -0.3 is 5.11 Å². The van der Waals surface area contributed by atoms with E-state index in [1.807, 2.05) is 0 Å². The van der Waals surface area contributed by atoms with Crippen LogP contribution in [0.5, 0.6) is 0 Å². The second kappa shape index (κ2) is 4.08. The number of hydrogen-bond acceptors (Lipinski definition) is 2. The first-order valence-corrected chi connectivity index (χ1v) is 5.27. The van der Waals surface area contributed by atoms with Crippen molar-refractivity contribution in [3.63, 3.8) is 0 Å². The Morgan fingerprint density at radius 3 is 2.69 bits per heavy atom. The van der Waals surface area contributed by atoms with Crippen LogP contribution in [0.1, 0.15) is 37.4 Å². The molecule has 0 radical (unpaired) electrons. The molecule has 1 saturated carbocycles. The Morgan fingerprint density at radius 2 is 2.12 bits per heavy atom. The number of nitrogens with zero attached hydrogens (tertiary/aromatic N) is 2. The number of alkyl halides is 3. The molecule has 2 unspecified atom stereocenters. The van der Waals surface area contributed by atoms with Crippen molar-refractivity contribution in [3.8, 4) is 0 Å². The van der Waals surface area contributed by atoms with Crippen molar-refractivity contribution in [3.05, 3.63) is 18.0 Å². The van der Waals surface area contributed by atoms with Gasteiger partial charge in [-0.05, 0) is 31.7 Å². The van der Waals surface area contributed by atoms with Gasteiger partial charge in [-0.2, -0.15) is 18.3 Å². The van der Waals surface area contributed by atoms with Gasteiger partial charge >= 0.3 is 6.18 Å². The van der Waals surface area contributed by atoms with E-state index in [1.165, 1.54) is 10.9 Å². The largest absolute Gasteiger partial charge is 0.435 e. The standard InChI is InChI=1S/C10H13F3N2O/c11-10(12,13)9-4-5-15(14-9)7-2-1-3-8(16)6-7/h4-5,7-8,16H,1-3,6H2. The smallest absolute Gasteiger partial charge is 0.393 e. The fourth-order valence-corrected chi connectivity index (χ4v) is 2.07. The zero-order chi connectivity index (χ0) is 11.8. The van der Waals surface area contributed by atoms with Crippen LogP contribution in [0.3, 0.4) is 0 Å². The summed E-state index contributed by atoms with van der Waals surface area (Å²) in [7, 11) is 0. The van der Waals surface area contributed by atoms with Crippen LogP contribution in [0, 0.1) is 0 Å². The fourth-order valence-electron chi connectivity index (χ4n) is 2.07. The van der Waals surface area contributed by atoms with Gasteiger partial charge in [0.2, 0.25) is 0 Å². The molecule has 0 aliphatic heterocycles. The van der Waals surface area contributed by atoms with E-state index in [-0.39, 0.29) is 6.04 Å². The molecule has 2 rings (SSSR count). The van der Waals surface area contributed by atoms with Crippen molar-refractivity contribution in [1.29, 1.82) is 0 Å². The molecule has 0 saturated heterocycles. The molecule has 1 aromatic rings. The van der Waals surface area contributed by atoms with Crippen LogP contribution in [0.25, 0.3) is 0 Å². The van der Waals surface area contributed by atoms with Crippen molar-refractivity contribution in [2.75, 3.05) is 0 Å². The van der Waals surface area contributed by atoms with Crippen LogP contribution in [0.4, 0.5) is 13.2 Å². The predicted molar refractivity (Wildman–Crippen MR) is 50.7 cm³/mol. The minimum atomic E-state index is -4.39. The molecule has 1 aliphatic rings. The summed E-state index contributed by atoms with van der Waals surface area (Å²) in [5, 5.41) is 13.0. The lowest BCUT2D eigenvalue weighted by molar-refractivity contribution is -0.141. The Morgan fingerprint density at radius 1 is 1.38 bits per heavy atom. The number of aromatic nitrogens is 2. The molecule has 1 heterocycles. The Bertz CT molecular complexity index is 361. The second-order valence-electron chi connectivity index (χ2n) is 4.15. The highest BCUT2D eigenvalue weighted by Gasteiger charge is 2.34. The van der Waals surface area contributed by atoms with Crippen LogP contribution in [-0.2, 0) is 6.18 Å². The highest BCUT2D eigenvalue weighted by atomic mass is 19.4. The second-order valence-corrected chi connectivity index (χ2v) is 4.15. The number of aliphatic hydroxyl groups is 1. The molecule has 3 nitrogen and oxygen atoms in total. The van der Waals surface area contributed by atoms with E-state index < -0.39 is 18.0 Å². The average molecular weight is 234 g/mol. The van der Waals surface area contributed by atoms with Crippen LogP contribution in [0.2, 0.25) is 0 Å². The van der Waals surface area contributed by atoms with Gasteiger partial charge in [-0.3, -0.25) is 4.68 Å². The van der Waals surface area contributed by atoms with Crippen LogP contribution >= 0.6 is 0 Å². The summed E-state index contributed by atoms with van der Waals surface area (Å²) in [6, 6.07) is 0.862.